The molecule has 0 aliphatic heterocycles. The van der Waals surface area contributed by atoms with E-state index in [0.717, 1.165) is 32.1 Å². The van der Waals surface area contributed by atoms with Crippen molar-refractivity contribution in [3.63, 3.8) is 0 Å². The van der Waals surface area contributed by atoms with Crippen molar-refractivity contribution in [1.29, 1.82) is 0 Å². The lowest BCUT2D eigenvalue weighted by molar-refractivity contribution is -0.128. The molecule has 2 aliphatic carbocycles. The molecule has 4 heteroatoms. The van der Waals surface area contributed by atoms with Crippen LogP contribution in [0.4, 0.5) is 0 Å². The molecule has 2 aliphatic rings. The quantitative estimate of drug-likeness (QED) is 0.530. The van der Waals surface area contributed by atoms with Crippen LogP contribution in [0.15, 0.2) is 23.8 Å². The van der Waals surface area contributed by atoms with Gasteiger partial charge in [0.1, 0.15) is 0 Å². The average Bonchev–Trinajstić information content (AvgIpc) is 3.05. The third kappa shape index (κ3) is 4.93. The number of nitrogens with zero attached hydrogens (tertiary/aromatic N) is 1. The molecule has 0 aromatic carbocycles. The van der Waals surface area contributed by atoms with Crippen LogP contribution in [0.5, 0.6) is 0 Å². The maximum Gasteiger partial charge on any atom is 0.222 e. The van der Waals surface area contributed by atoms with Crippen molar-refractivity contribution in [3.8, 4) is 0 Å². The Morgan fingerprint density at radius 3 is 2.83 bits per heavy atom. The summed E-state index contributed by atoms with van der Waals surface area (Å²) in [6.07, 6.45) is 11.9. The minimum atomic E-state index is -0.403. The third-order valence-corrected chi connectivity index (χ3v) is 5.56. The van der Waals surface area contributed by atoms with Crippen molar-refractivity contribution < 1.29 is 15.0 Å². The molecule has 0 heterocycles. The second-order valence-corrected chi connectivity index (χ2v) is 7.59. The Morgan fingerprint density at radius 2 is 2.17 bits per heavy atom. The number of rotatable bonds is 8. The van der Waals surface area contributed by atoms with Crippen molar-refractivity contribution in [2.75, 3.05) is 14.1 Å². The monoisotopic (exact) mass is 335 g/mol. The highest BCUT2D eigenvalue weighted by molar-refractivity contribution is 5.75. The summed E-state index contributed by atoms with van der Waals surface area (Å²) in [5.41, 5.74) is 1.49. The molecule has 2 rings (SSSR count). The fourth-order valence-corrected chi connectivity index (χ4v) is 4.04. The lowest BCUT2D eigenvalue weighted by atomic mass is 9.88. The summed E-state index contributed by atoms with van der Waals surface area (Å²) < 4.78 is 0. The highest BCUT2D eigenvalue weighted by Gasteiger charge is 2.43. The van der Waals surface area contributed by atoms with Gasteiger partial charge in [0.25, 0.3) is 0 Å². The number of unbranched alkanes of at least 4 members (excludes halogenated alkanes) is 1. The first-order chi connectivity index (χ1) is 11.4. The SMILES string of the molecule is CC[C@@H](O)/C=C/[C@@H]1[C@H]2CC(CCCCC(=O)N(C)C)=C[C@H]2C[C@H]1O. The topological polar surface area (TPSA) is 60.8 Å². The molecular formula is C20H33NO3. The van der Waals surface area contributed by atoms with Crippen molar-refractivity contribution >= 4 is 5.91 Å². The van der Waals surface area contributed by atoms with Crippen molar-refractivity contribution in [2.45, 2.75) is 64.1 Å². The second kappa shape index (κ2) is 8.82. The lowest BCUT2D eigenvalue weighted by Gasteiger charge is -2.18. The molecule has 0 radical (unpaired) electrons. The lowest BCUT2D eigenvalue weighted by Crippen LogP contribution is -2.21. The van der Waals surface area contributed by atoms with Crippen molar-refractivity contribution in [3.05, 3.63) is 23.8 Å². The van der Waals surface area contributed by atoms with Gasteiger partial charge in [0.2, 0.25) is 5.91 Å². The molecule has 0 aromatic rings. The van der Waals surface area contributed by atoms with Gasteiger partial charge in [0.15, 0.2) is 0 Å². The Hall–Kier alpha value is -1.13. The largest absolute Gasteiger partial charge is 0.392 e. The van der Waals surface area contributed by atoms with Gasteiger partial charge < -0.3 is 15.1 Å². The molecule has 1 fully saturated rings. The molecule has 136 valence electrons. The number of fused-ring (bicyclic) bond motifs is 1. The molecule has 2 N–H and O–H groups in total. The van der Waals surface area contributed by atoms with E-state index in [9.17, 15) is 15.0 Å². The normalized spacial score (nSPS) is 30.5. The zero-order valence-electron chi connectivity index (χ0n) is 15.3. The van der Waals surface area contributed by atoms with Gasteiger partial charge in [-0.15, -0.1) is 0 Å². The van der Waals surface area contributed by atoms with Crippen LogP contribution in [0.2, 0.25) is 0 Å². The van der Waals surface area contributed by atoms with Crippen LogP contribution in [0.1, 0.15) is 51.9 Å². The minimum absolute atomic E-state index is 0.167. The molecule has 4 nitrogen and oxygen atoms in total. The van der Waals surface area contributed by atoms with Gasteiger partial charge in [-0.05, 0) is 50.4 Å². The Labute approximate surface area is 146 Å². The highest BCUT2D eigenvalue weighted by Crippen LogP contribution is 2.48. The van der Waals surface area contributed by atoms with Crippen LogP contribution < -0.4 is 0 Å². The number of aliphatic hydroxyl groups is 2. The third-order valence-electron chi connectivity index (χ3n) is 5.56. The summed E-state index contributed by atoms with van der Waals surface area (Å²) in [4.78, 5) is 13.2. The summed E-state index contributed by atoms with van der Waals surface area (Å²) in [6, 6.07) is 0. The van der Waals surface area contributed by atoms with E-state index in [2.05, 4.69) is 6.08 Å². The zero-order valence-corrected chi connectivity index (χ0v) is 15.3. The van der Waals surface area contributed by atoms with Gasteiger partial charge in [-0.25, -0.2) is 0 Å². The Bertz CT molecular complexity index is 483. The summed E-state index contributed by atoms with van der Waals surface area (Å²) in [7, 11) is 3.61. The van der Waals surface area contributed by atoms with E-state index in [1.54, 1.807) is 19.0 Å². The van der Waals surface area contributed by atoms with E-state index < -0.39 is 6.10 Å². The standard InChI is InChI=1S/C20H33NO3/c1-4-16(22)9-10-17-18-12-14(11-15(18)13-19(17)23)7-5-6-8-20(24)21(2)3/h9-11,15-19,22-23H,4-8,12-13H2,1-3H3/b10-9+/t15-,16+,17+,18-,19+/m0/s1. The van der Waals surface area contributed by atoms with E-state index in [-0.39, 0.29) is 17.9 Å². The molecule has 0 saturated heterocycles. The van der Waals surface area contributed by atoms with Crippen LogP contribution in [0.25, 0.3) is 0 Å². The maximum atomic E-state index is 11.6. The first-order valence-corrected chi connectivity index (χ1v) is 9.36. The summed E-state index contributed by atoms with van der Waals surface area (Å²) in [6.45, 7) is 1.96. The van der Waals surface area contributed by atoms with E-state index >= 15 is 0 Å². The zero-order chi connectivity index (χ0) is 17.7. The fourth-order valence-electron chi connectivity index (χ4n) is 4.04. The van der Waals surface area contributed by atoms with Gasteiger partial charge in [-0.3, -0.25) is 4.79 Å². The Kier molecular flexibility index (Phi) is 7.05. The molecule has 0 spiro atoms. The second-order valence-electron chi connectivity index (χ2n) is 7.59. The van der Waals surface area contributed by atoms with Gasteiger partial charge >= 0.3 is 0 Å². The van der Waals surface area contributed by atoms with Gasteiger partial charge in [-0.1, -0.05) is 30.7 Å². The molecule has 5 atom stereocenters. The Morgan fingerprint density at radius 1 is 1.42 bits per heavy atom. The predicted molar refractivity (Wildman–Crippen MR) is 96.4 cm³/mol. The van der Waals surface area contributed by atoms with Crippen LogP contribution in [0.3, 0.4) is 0 Å². The van der Waals surface area contributed by atoms with Crippen LogP contribution in [-0.2, 0) is 4.79 Å². The molecular weight excluding hydrogens is 302 g/mol. The number of aliphatic hydroxyl groups excluding tert-OH is 2. The Balaban J connectivity index is 1.79. The first kappa shape index (κ1) is 19.2. The molecule has 0 unspecified atom stereocenters. The van der Waals surface area contributed by atoms with Gasteiger partial charge in [0, 0.05) is 26.4 Å². The van der Waals surface area contributed by atoms with Crippen molar-refractivity contribution in [1.82, 2.24) is 4.90 Å². The number of amides is 1. The fraction of sp³-hybridized carbons (Fsp3) is 0.750. The van der Waals surface area contributed by atoms with E-state index in [1.807, 2.05) is 19.1 Å². The molecule has 1 saturated carbocycles. The molecule has 0 bridgehead atoms. The van der Waals surface area contributed by atoms with Crippen molar-refractivity contribution in [2.24, 2.45) is 17.8 Å². The van der Waals surface area contributed by atoms with Crippen LogP contribution in [-0.4, -0.2) is 47.3 Å². The average molecular weight is 335 g/mol. The number of allylic oxidation sites excluding steroid dienone is 2. The van der Waals surface area contributed by atoms with Crippen LogP contribution >= 0.6 is 0 Å². The van der Waals surface area contributed by atoms with Crippen LogP contribution in [0, 0.1) is 17.8 Å². The summed E-state index contributed by atoms with van der Waals surface area (Å²) in [5.74, 6) is 1.33. The van der Waals surface area contributed by atoms with E-state index in [1.165, 1.54) is 5.57 Å². The smallest absolute Gasteiger partial charge is 0.222 e. The number of hydrogen-bond acceptors (Lipinski definition) is 3. The molecule has 0 aromatic heterocycles. The van der Waals surface area contributed by atoms with Gasteiger partial charge in [-0.2, -0.15) is 0 Å². The first-order valence-electron chi connectivity index (χ1n) is 9.36. The van der Waals surface area contributed by atoms with E-state index in [4.69, 9.17) is 0 Å². The summed E-state index contributed by atoms with van der Waals surface area (Å²) in [5, 5.41) is 20.0. The number of hydrogen-bond donors (Lipinski definition) is 2. The molecule has 24 heavy (non-hydrogen) atoms. The number of carbonyl (C=O) groups is 1. The van der Waals surface area contributed by atoms with Gasteiger partial charge in [0.05, 0.1) is 12.2 Å². The minimum Gasteiger partial charge on any atom is -0.392 e. The van der Waals surface area contributed by atoms with E-state index in [0.29, 0.717) is 24.7 Å². The summed E-state index contributed by atoms with van der Waals surface area (Å²) >= 11 is 0. The maximum absolute atomic E-state index is 11.6. The molecule has 1 amide bonds. The number of carbonyl (C=O) groups excluding carboxylic acids is 1. The highest BCUT2D eigenvalue weighted by atomic mass is 16.3. The predicted octanol–water partition coefficient (Wildman–Crippen LogP) is 2.91.